The zero-order valence-corrected chi connectivity index (χ0v) is 14.9. The minimum Gasteiger partial charge on any atom is -0.299 e. The number of ketones is 2. The van der Waals surface area contributed by atoms with Crippen molar-refractivity contribution in [2.75, 3.05) is 11.5 Å². The second kappa shape index (κ2) is 16.1. The second-order valence-corrected chi connectivity index (χ2v) is 6.88. The Morgan fingerprint density at radius 3 is 1.38 bits per heavy atom. The Kier molecular flexibility index (Phi) is 15.8. The van der Waals surface area contributed by atoms with Gasteiger partial charge in [0.1, 0.15) is 11.6 Å². The summed E-state index contributed by atoms with van der Waals surface area (Å²) in [4.78, 5) is 23.3. The average molecular weight is 315 g/mol. The molecule has 2 nitrogen and oxygen atoms in total. The second-order valence-electron chi connectivity index (χ2n) is 5.90. The van der Waals surface area contributed by atoms with Gasteiger partial charge in [0.05, 0.1) is 11.5 Å². The summed E-state index contributed by atoms with van der Waals surface area (Å²) in [6.07, 6.45) is 13.3. The van der Waals surface area contributed by atoms with Gasteiger partial charge in [-0.25, -0.2) is 0 Å². The van der Waals surface area contributed by atoms with E-state index >= 15 is 0 Å². The number of hydrogen-bond donors (Lipinski definition) is 0. The van der Waals surface area contributed by atoms with E-state index in [4.69, 9.17) is 0 Å². The molecular formula is C18H34O2S. The van der Waals surface area contributed by atoms with Gasteiger partial charge < -0.3 is 0 Å². The summed E-state index contributed by atoms with van der Waals surface area (Å²) in [5.74, 6) is 1.67. The average Bonchev–Trinajstić information content (AvgIpc) is 2.47. The molecule has 0 bridgehead atoms. The van der Waals surface area contributed by atoms with Gasteiger partial charge in [-0.2, -0.15) is 0 Å². The van der Waals surface area contributed by atoms with E-state index in [1.165, 1.54) is 63.1 Å². The highest BCUT2D eigenvalue weighted by molar-refractivity contribution is 8.00. The summed E-state index contributed by atoms with van der Waals surface area (Å²) in [6.45, 7) is 4.39. The lowest BCUT2D eigenvalue weighted by atomic mass is 10.1. The third-order valence-corrected chi connectivity index (χ3v) is 4.70. The third-order valence-electron chi connectivity index (χ3n) is 3.64. The number of Topliss-reactive ketones (excluding diaryl/α,β-unsaturated/α-hetero) is 2. The van der Waals surface area contributed by atoms with Crippen LogP contribution in [0, 0.1) is 0 Å². The highest BCUT2D eigenvalue weighted by Crippen LogP contribution is 2.11. The van der Waals surface area contributed by atoms with Crippen LogP contribution < -0.4 is 0 Å². The van der Waals surface area contributed by atoms with Gasteiger partial charge in [0.15, 0.2) is 0 Å². The molecule has 0 amide bonds. The number of carbonyl (C=O) groups excluding carboxylic acids is 2. The van der Waals surface area contributed by atoms with Crippen molar-refractivity contribution in [1.29, 1.82) is 0 Å². The fourth-order valence-electron chi connectivity index (χ4n) is 2.27. The smallest absolute Gasteiger partial charge is 0.142 e. The molecule has 0 radical (unpaired) electrons. The van der Waals surface area contributed by atoms with E-state index in [1.54, 1.807) is 0 Å². The van der Waals surface area contributed by atoms with E-state index in [0.717, 1.165) is 12.8 Å². The summed E-state index contributed by atoms with van der Waals surface area (Å²) in [5.41, 5.74) is 0. The monoisotopic (exact) mass is 314 g/mol. The van der Waals surface area contributed by atoms with Crippen molar-refractivity contribution in [1.82, 2.24) is 0 Å². The van der Waals surface area contributed by atoms with Crippen molar-refractivity contribution in [3.05, 3.63) is 0 Å². The molecule has 0 aliphatic carbocycles. The molecule has 0 spiro atoms. The molecular weight excluding hydrogens is 280 g/mol. The SMILES string of the molecule is CCCCCCCC(=O)CSCC(=O)CCCCCCC. The topological polar surface area (TPSA) is 34.1 Å². The first-order chi connectivity index (χ1) is 10.2. The van der Waals surface area contributed by atoms with Crippen LogP contribution in [0.2, 0.25) is 0 Å². The van der Waals surface area contributed by atoms with Gasteiger partial charge in [-0.3, -0.25) is 9.59 Å². The van der Waals surface area contributed by atoms with Gasteiger partial charge in [-0.15, -0.1) is 11.8 Å². The molecule has 0 saturated carbocycles. The molecule has 0 aromatic heterocycles. The molecule has 0 saturated heterocycles. The first-order valence-corrected chi connectivity index (χ1v) is 9.97. The first-order valence-electron chi connectivity index (χ1n) is 8.81. The van der Waals surface area contributed by atoms with Gasteiger partial charge in [0, 0.05) is 12.8 Å². The van der Waals surface area contributed by atoms with E-state index < -0.39 is 0 Å². The minimum absolute atomic E-state index is 0.312. The Balaban J connectivity index is 3.34. The molecule has 0 fully saturated rings. The molecule has 0 N–H and O–H groups in total. The molecule has 0 aromatic carbocycles. The summed E-state index contributed by atoms with van der Waals surface area (Å²) in [6, 6.07) is 0. The fraction of sp³-hybridized carbons (Fsp3) is 0.889. The summed E-state index contributed by atoms with van der Waals surface area (Å²) < 4.78 is 0. The van der Waals surface area contributed by atoms with E-state index in [2.05, 4.69) is 13.8 Å². The molecule has 0 aromatic rings. The first kappa shape index (κ1) is 20.7. The molecule has 21 heavy (non-hydrogen) atoms. The van der Waals surface area contributed by atoms with Crippen LogP contribution in [-0.2, 0) is 9.59 Å². The van der Waals surface area contributed by atoms with Gasteiger partial charge in [0.2, 0.25) is 0 Å². The third kappa shape index (κ3) is 15.9. The lowest BCUT2D eigenvalue weighted by Crippen LogP contribution is -2.06. The summed E-state index contributed by atoms with van der Waals surface area (Å²) >= 11 is 1.51. The normalized spacial score (nSPS) is 10.8. The van der Waals surface area contributed by atoms with E-state index in [-0.39, 0.29) is 0 Å². The van der Waals surface area contributed by atoms with E-state index in [1.807, 2.05) is 0 Å². The Bertz CT molecular complexity index is 238. The maximum Gasteiger partial charge on any atom is 0.142 e. The van der Waals surface area contributed by atoms with Crippen molar-refractivity contribution in [3.63, 3.8) is 0 Å². The predicted octanol–water partition coefficient (Wildman–Crippen LogP) is 5.58. The Hall–Kier alpha value is -0.310. The van der Waals surface area contributed by atoms with Crippen LogP contribution in [0.15, 0.2) is 0 Å². The lowest BCUT2D eigenvalue weighted by Gasteiger charge is -2.02. The highest BCUT2D eigenvalue weighted by Gasteiger charge is 2.06. The zero-order chi connectivity index (χ0) is 15.8. The van der Waals surface area contributed by atoms with Gasteiger partial charge in [0.25, 0.3) is 0 Å². The van der Waals surface area contributed by atoms with Gasteiger partial charge in [-0.1, -0.05) is 65.2 Å². The van der Waals surface area contributed by atoms with Crippen LogP contribution in [0.25, 0.3) is 0 Å². The molecule has 0 rings (SSSR count). The predicted molar refractivity (Wildman–Crippen MR) is 94.1 cm³/mol. The van der Waals surface area contributed by atoms with Crippen LogP contribution in [-0.4, -0.2) is 23.1 Å². The quantitative estimate of drug-likeness (QED) is 0.349. The highest BCUT2D eigenvalue weighted by atomic mass is 32.2. The number of thioether (sulfide) groups is 1. The summed E-state index contributed by atoms with van der Waals surface area (Å²) in [5, 5.41) is 0. The molecule has 124 valence electrons. The Morgan fingerprint density at radius 2 is 1.00 bits per heavy atom. The Labute approximate surface area is 135 Å². The molecule has 0 heterocycles. The van der Waals surface area contributed by atoms with Crippen molar-refractivity contribution in [3.8, 4) is 0 Å². The van der Waals surface area contributed by atoms with E-state index in [0.29, 0.717) is 35.9 Å². The molecule has 0 unspecified atom stereocenters. The molecule has 0 aliphatic heterocycles. The van der Waals surface area contributed by atoms with Crippen molar-refractivity contribution in [2.45, 2.75) is 90.9 Å². The number of hydrogen-bond acceptors (Lipinski definition) is 3. The molecule has 3 heteroatoms. The van der Waals surface area contributed by atoms with Crippen molar-refractivity contribution < 1.29 is 9.59 Å². The van der Waals surface area contributed by atoms with Crippen LogP contribution >= 0.6 is 11.8 Å². The van der Waals surface area contributed by atoms with Gasteiger partial charge >= 0.3 is 0 Å². The van der Waals surface area contributed by atoms with Crippen LogP contribution in [0.4, 0.5) is 0 Å². The van der Waals surface area contributed by atoms with Crippen molar-refractivity contribution >= 4 is 23.3 Å². The summed E-state index contributed by atoms with van der Waals surface area (Å²) in [7, 11) is 0. The largest absolute Gasteiger partial charge is 0.299 e. The maximum atomic E-state index is 11.7. The lowest BCUT2D eigenvalue weighted by molar-refractivity contribution is -0.117. The van der Waals surface area contributed by atoms with Gasteiger partial charge in [-0.05, 0) is 12.8 Å². The van der Waals surface area contributed by atoms with Crippen LogP contribution in [0.3, 0.4) is 0 Å². The Morgan fingerprint density at radius 1 is 0.619 bits per heavy atom. The van der Waals surface area contributed by atoms with Crippen LogP contribution in [0.1, 0.15) is 90.9 Å². The standard InChI is InChI=1S/C18H34O2S/c1-3-5-7-9-11-13-17(19)15-21-16-18(20)14-12-10-8-6-4-2/h3-16H2,1-2H3. The number of unbranched alkanes of at least 4 members (excludes halogenated alkanes) is 8. The van der Waals surface area contributed by atoms with Crippen LogP contribution in [0.5, 0.6) is 0 Å². The number of rotatable bonds is 16. The molecule has 0 aliphatic rings. The fourth-order valence-corrected chi connectivity index (χ4v) is 3.12. The zero-order valence-electron chi connectivity index (χ0n) is 14.1. The maximum absolute atomic E-state index is 11.7. The van der Waals surface area contributed by atoms with Crippen molar-refractivity contribution in [2.24, 2.45) is 0 Å². The molecule has 0 atom stereocenters. The van der Waals surface area contributed by atoms with E-state index in [9.17, 15) is 9.59 Å². The number of carbonyl (C=O) groups is 2. The minimum atomic E-state index is 0.312.